The number of nitrogens with two attached hydrogens (primary N) is 1. The summed E-state index contributed by atoms with van der Waals surface area (Å²) in [5, 5.41) is 11.9. The summed E-state index contributed by atoms with van der Waals surface area (Å²) in [6.07, 6.45) is 0. The zero-order chi connectivity index (χ0) is 10.7. The van der Waals surface area contributed by atoms with E-state index in [1.807, 2.05) is 0 Å². The van der Waals surface area contributed by atoms with Crippen molar-refractivity contribution < 1.29 is 0 Å². The van der Waals surface area contributed by atoms with Gasteiger partial charge in [-0.3, -0.25) is 4.99 Å². The lowest BCUT2D eigenvalue weighted by Gasteiger charge is -2.10. The van der Waals surface area contributed by atoms with Gasteiger partial charge in [-0.05, 0) is 0 Å². The van der Waals surface area contributed by atoms with Crippen molar-refractivity contribution >= 4 is 11.5 Å². The highest BCUT2D eigenvalue weighted by molar-refractivity contribution is 5.60. The summed E-state index contributed by atoms with van der Waals surface area (Å²) in [7, 11) is 5.15. The fourth-order valence-electron chi connectivity index (χ4n) is 1.30. The molecule has 3 N–H and O–H groups in total. The maximum absolute atomic E-state index is 8.97. The first-order chi connectivity index (χ1) is 6.65. The molecule has 1 heterocycles. The highest BCUT2D eigenvalue weighted by Crippen LogP contribution is 2.12. The molecule has 1 aromatic heterocycles. The first-order valence-corrected chi connectivity index (χ1v) is 4.15. The molecule has 0 aromatic carbocycles. The van der Waals surface area contributed by atoms with Crippen molar-refractivity contribution in [2.45, 2.75) is 0 Å². The number of nitrogen functional groups attached to an aromatic ring is 1. The Kier molecular flexibility index (Phi) is 2.77. The third kappa shape index (κ3) is 1.42. The molecule has 0 fully saturated rings. The van der Waals surface area contributed by atoms with Gasteiger partial charge in [-0.2, -0.15) is 5.26 Å². The Labute approximate surface area is 82.5 Å². The summed E-state index contributed by atoms with van der Waals surface area (Å²) >= 11 is 0. The largest absolute Gasteiger partial charge is 0.387 e. The van der Waals surface area contributed by atoms with Crippen LogP contribution in [-0.2, 0) is 7.05 Å². The zero-order valence-corrected chi connectivity index (χ0v) is 8.50. The van der Waals surface area contributed by atoms with E-state index in [1.165, 1.54) is 0 Å². The van der Waals surface area contributed by atoms with Gasteiger partial charge in [0.2, 0.25) is 0 Å². The molecule has 0 unspecified atom stereocenters. The number of nitrogens with one attached hydrogen (secondary N) is 1. The van der Waals surface area contributed by atoms with Gasteiger partial charge in [0.15, 0.2) is 0 Å². The number of pyridine rings is 1. The van der Waals surface area contributed by atoms with Crippen molar-refractivity contribution in [1.29, 1.82) is 5.26 Å². The maximum Gasteiger partial charge on any atom is 0.148 e. The molecular formula is C9H13N5. The van der Waals surface area contributed by atoms with Crippen LogP contribution < -0.4 is 16.5 Å². The molecule has 0 aliphatic carbocycles. The van der Waals surface area contributed by atoms with Gasteiger partial charge < -0.3 is 15.6 Å². The lowest BCUT2D eigenvalue weighted by atomic mass is 10.2. The van der Waals surface area contributed by atoms with Crippen LogP contribution in [0.3, 0.4) is 0 Å². The van der Waals surface area contributed by atoms with Gasteiger partial charge in [-0.25, -0.2) is 0 Å². The Balaban J connectivity index is 3.71. The molecule has 14 heavy (non-hydrogen) atoms. The molecular weight excluding hydrogens is 178 g/mol. The standard InChI is InChI=1S/C9H13N5/c1-12-7-4-8(11)14(3)9(13-2)6(7)5-10/h4,12H,11H2,1-3H3. The molecule has 0 atom stereocenters. The molecule has 1 rings (SSSR count). The van der Waals surface area contributed by atoms with Gasteiger partial charge >= 0.3 is 0 Å². The predicted octanol–water partition coefficient (Wildman–Crippen LogP) is 0.0512. The second-order valence-electron chi connectivity index (χ2n) is 2.83. The van der Waals surface area contributed by atoms with Crippen molar-refractivity contribution in [3.63, 3.8) is 0 Å². The van der Waals surface area contributed by atoms with Crippen LogP contribution in [0.25, 0.3) is 0 Å². The number of hydrogen-bond acceptors (Lipinski definition) is 4. The predicted molar refractivity (Wildman–Crippen MR) is 55.6 cm³/mol. The highest BCUT2D eigenvalue weighted by atomic mass is 15.1. The van der Waals surface area contributed by atoms with Crippen LogP contribution in [0.5, 0.6) is 0 Å². The molecule has 5 heteroatoms. The minimum atomic E-state index is 0.506. The van der Waals surface area contributed by atoms with Crippen LogP contribution in [0.2, 0.25) is 0 Å². The number of nitriles is 1. The SMILES string of the molecule is CN=c1c(C#N)c(NC)cc(N)n1C. The van der Waals surface area contributed by atoms with Gasteiger partial charge in [0, 0.05) is 27.2 Å². The summed E-state index contributed by atoms with van der Waals surface area (Å²) in [6.45, 7) is 0. The molecule has 0 saturated heterocycles. The van der Waals surface area contributed by atoms with Crippen LogP contribution in [0, 0.1) is 11.3 Å². The third-order valence-electron chi connectivity index (χ3n) is 2.08. The van der Waals surface area contributed by atoms with E-state index in [1.54, 1.807) is 31.8 Å². The number of hydrogen-bond donors (Lipinski definition) is 2. The van der Waals surface area contributed by atoms with Crippen LogP contribution in [-0.4, -0.2) is 18.7 Å². The molecule has 0 spiro atoms. The van der Waals surface area contributed by atoms with E-state index < -0.39 is 0 Å². The molecule has 0 aliphatic rings. The Morgan fingerprint density at radius 3 is 2.71 bits per heavy atom. The van der Waals surface area contributed by atoms with E-state index >= 15 is 0 Å². The Morgan fingerprint density at radius 2 is 2.29 bits per heavy atom. The van der Waals surface area contributed by atoms with Gasteiger partial charge in [0.1, 0.15) is 22.9 Å². The average molecular weight is 191 g/mol. The van der Waals surface area contributed by atoms with Crippen LogP contribution in [0.1, 0.15) is 5.56 Å². The number of rotatable bonds is 1. The molecule has 74 valence electrons. The third-order valence-corrected chi connectivity index (χ3v) is 2.08. The van der Waals surface area contributed by atoms with E-state index in [0.29, 0.717) is 22.6 Å². The molecule has 0 radical (unpaired) electrons. The van der Waals surface area contributed by atoms with Crippen molar-refractivity contribution in [3.05, 3.63) is 17.1 Å². The summed E-state index contributed by atoms with van der Waals surface area (Å²) in [6, 6.07) is 3.82. The fraction of sp³-hybridized carbons (Fsp3) is 0.333. The van der Waals surface area contributed by atoms with Crippen molar-refractivity contribution in [1.82, 2.24) is 4.57 Å². The molecule has 0 bridgehead atoms. The highest BCUT2D eigenvalue weighted by Gasteiger charge is 2.07. The smallest absolute Gasteiger partial charge is 0.148 e. The van der Waals surface area contributed by atoms with E-state index in [9.17, 15) is 0 Å². The Morgan fingerprint density at radius 1 is 1.64 bits per heavy atom. The van der Waals surface area contributed by atoms with E-state index in [4.69, 9.17) is 11.0 Å². The summed E-state index contributed by atoms with van der Waals surface area (Å²) < 4.78 is 1.68. The molecule has 0 saturated carbocycles. The quantitative estimate of drug-likeness (QED) is 0.658. The Bertz CT molecular complexity index is 449. The molecule has 0 aliphatic heterocycles. The normalized spacial score (nSPS) is 11.1. The number of aromatic nitrogens is 1. The topological polar surface area (TPSA) is 79.1 Å². The average Bonchev–Trinajstić information content (AvgIpc) is 2.20. The lowest BCUT2D eigenvalue weighted by molar-refractivity contribution is 0.837. The van der Waals surface area contributed by atoms with Crippen LogP contribution >= 0.6 is 0 Å². The van der Waals surface area contributed by atoms with E-state index in [2.05, 4.69) is 16.4 Å². The monoisotopic (exact) mass is 191 g/mol. The lowest BCUT2D eigenvalue weighted by Crippen LogP contribution is -2.25. The second kappa shape index (κ2) is 3.83. The van der Waals surface area contributed by atoms with Crippen LogP contribution in [0.4, 0.5) is 11.5 Å². The van der Waals surface area contributed by atoms with E-state index in [0.717, 1.165) is 0 Å². The fourth-order valence-corrected chi connectivity index (χ4v) is 1.30. The number of anilines is 2. The summed E-state index contributed by atoms with van der Waals surface area (Å²) in [5.74, 6) is 0.564. The first kappa shape index (κ1) is 10.1. The van der Waals surface area contributed by atoms with Crippen molar-refractivity contribution in [2.24, 2.45) is 12.0 Å². The van der Waals surface area contributed by atoms with E-state index in [-0.39, 0.29) is 0 Å². The summed E-state index contributed by atoms with van der Waals surface area (Å²) in [5.41, 5.74) is 7.53. The molecule has 5 nitrogen and oxygen atoms in total. The first-order valence-electron chi connectivity index (χ1n) is 4.15. The van der Waals surface area contributed by atoms with Crippen molar-refractivity contribution in [2.75, 3.05) is 25.1 Å². The van der Waals surface area contributed by atoms with Gasteiger partial charge in [0.25, 0.3) is 0 Å². The van der Waals surface area contributed by atoms with Crippen molar-refractivity contribution in [3.8, 4) is 6.07 Å². The molecule has 1 aromatic rings. The van der Waals surface area contributed by atoms with Crippen LogP contribution in [0.15, 0.2) is 11.1 Å². The second-order valence-corrected chi connectivity index (χ2v) is 2.83. The Hall–Kier alpha value is -1.96. The van der Waals surface area contributed by atoms with Gasteiger partial charge in [0.05, 0.1) is 5.69 Å². The number of nitrogens with zero attached hydrogens (tertiary/aromatic N) is 3. The minimum absolute atomic E-state index is 0.506. The maximum atomic E-state index is 8.97. The molecule has 0 amide bonds. The zero-order valence-electron chi connectivity index (χ0n) is 8.50. The summed E-state index contributed by atoms with van der Waals surface area (Å²) in [4.78, 5) is 4.03. The minimum Gasteiger partial charge on any atom is -0.387 e. The van der Waals surface area contributed by atoms with Gasteiger partial charge in [-0.15, -0.1) is 0 Å². The van der Waals surface area contributed by atoms with Gasteiger partial charge in [-0.1, -0.05) is 0 Å².